The van der Waals surface area contributed by atoms with E-state index in [1.807, 2.05) is 4.90 Å². The molecule has 1 aliphatic heterocycles. The second-order valence-electron chi connectivity index (χ2n) is 5.44. The zero-order chi connectivity index (χ0) is 15.6. The number of hydrogen-bond acceptors (Lipinski definition) is 6. The predicted octanol–water partition coefficient (Wildman–Crippen LogP) is 1.21. The number of carbonyl (C=O) groups excluding carboxylic acids is 1. The number of piperidine rings is 1. The summed E-state index contributed by atoms with van der Waals surface area (Å²) in [6, 6.07) is 5.16. The van der Waals surface area contributed by atoms with Crippen molar-refractivity contribution in [3.05, 3.63) is 36.3 Å². The summed E-state index contributed by atoms with van der Waals surface area (Å²) in [4.78, 5) is 22.8. The summed E-state index contributed by atoms with van der Waals surface area (Å²) in [7, 11) is 0. The lowest BCUT2D eigenvalue weighted by atomic mass is 10.1. The molecule has 4 rings (SSSR count). The summed E-state index contributed by atoms with van der Waals surface area (Å²) < 4.78 is 1.52. The minimum absolute atomic E-state index is 0.0553. The highest BCUT2D eigenvalue weighted by Gasteiger charge is 2.21. The summed E-state index contributed by atoms with van der Waals surface area (Å²) in [5.41, 5.74) is 0.944. The molecule has 116 valence electrons. The summed E-state index contributed by atoms with van der Waals surface area (Å²) in [6.45, 7) is 1.57. The topological polar surface area (TPSA) is 89.2 Å². The van der Waals surface area contributed by atoms with E-state index in [4.69, 9.17) is 0 Å². The van der Waals surface area contributed by atoms with Gasteiger partial charge in [-0.15, -0.1) is 10.2 Å². The molecule has 23 heavy (non-hydrogen) atoms. The van der Waals surface area contributed by atoms with Gasteiger partial charge in [0, 0.05) is 25.5 Å². The van der Waals surface area contributed by atoms with Crippen molar-refractivity contribution >= 4 is 11.6 Å². The van der Waals surface area contributed by atoms with Crippen LogP contribution in [-0.4, -0.2) is 53.7 Å². The highest BCUT2D eigenvalue weighted by Crippen LogP contribution is 2.15. The molecule has 3 aromatic heterocycles. The number of fused-ring (bicyclic) bond motifs is 1. The van der Waals surface area contributed by atoms with Gasteiger partial charge in [0.05, 0.1) is 0 Å². The summed E-state index contributed by atoms with van der Waals surface area (Å²) in [6.07, 6.45) is 6.53. The standard InChI is InChI=1S/C15H15N7O/c23-15(21-9-2-1-3-10-21)11-5-6-12-18-19-14(22(12)20-11)13-16-7-4-8-17-13/h4-8H,1-3,9-10H2. The first-order valence-corrected chi connectivity index (χ1v) is 7.62. The van der Waals surface area contributed by atoms with Crippen LogP contribution in [0.4, 0.5) is 0 Å². The molecule has 8 heteroatoms. The Hall–Kier alpha value is -2.90. The van der Waals surface area contributed by atoms with Crippen molar-refractivity contribution in [1.82, 2.24) is 34.7 Å². The smallest absolute Gasteiger partial charge is 0.274 e. The Balaban J connectivity index is 1.73. The van der Waals surface area contributed by atoms with Gasteiger partial charge in [-0.1, -0.05) is 0 Å². The largest absolute Gasteiger partial charge is 0.337 e. The Morgan fingerprint density at radius 1 is 1.00 bits per heavy atom. The fourth-order valence-corrected chi connectivity index (χ4v) is 2.72. The molecular formula is C15H15N7O. The van der Waals surface area contributed by atoms with Crippen molar-refractivity contribution in [3.63, 3.8) is 0 Å². The molecule has 0 aromatic carbocycles. The Bertz CT molecular complexity index is 839. The number of likely N-dealkylation sites (tertiary alicyclic amines) is 1. The van der Waals surface area contributed by atoms with Crippen molar-refractivity contribution in [2.45, 2.75) is 19.3 Å². The molecule has 0 spiro atoms. The third kappa shape index (κ3) is 2.52. The van der Waals surface area contributed by atoms with Gasteiger partial charge in [0.1, 0.15) is 5.69 Å². The van der Waals surface area contributed by atoms with E-state index in [9.17, 15) is 4.79 Å². The van der Waals surface area contributed by atoms with E-state index in [1.54, 1.807) is 30.6 Å². The van der Waals surface area contributed by atoms with Crippen molar-refractivity contribution in [2.24, 2.45) is 0 Å². The second kappa shape index (κ2) is 5.71. The predicted molar refractivity (Wildman–Crippen MR) is 81.6 cm³/mol. The highest BCUT2D eigenvalue weighted by atomic mass is 16.2. The number of hydrogen-bond donors (Lipinski definition) is 0. The number of carbonyl (C=O) groups is 1. The van der Waals surface area contributed by atoms with Crippen LogP contribution in [0, 0.1) is 0 Å². The van der Waals surface area contributed by atoms with Gasteiger partial charge in [-0.25, -0.2) is 9.97 Å². The molecule has 0 aliphatic carbocycles. The van der Waals surface area contributed by atoms with Gasteiger partial charge in [-0.2, -0.15) is 9.61 Å². The Morgan fingerprint density at radius 3 is 2.57 bits per heavy atom. The zero-order valence-electron chi connectivity index (χ0n) is 12.5. The van der Waals surface area contributed by atoms with Crippen LogP contribution in [0.2, 0.25) is 0 Å². The Labute approximate surface area is 132 Å². The van der Waals surface area contributed by atoms with Gasteiger partial charge < -0.3 is 4.90 Å². The summed E-state index contributed by atoms with van der Waals surface area (Å²) >= 11 is 0. The van der Waals surface area contributed by atoms with Crippen molar-refractivity contribution in [3.8, 4) is 11.6 Å². The third-order valence-electron chi connectivity index (χ3n) is 3.89. The molecule has 4 heterocycles. The first-order chi connectivity index (χ1) is 11.3. The highest BCUT2D eigenvalue weighted by molar-refractivity contribution is 5.92. The maximum absolute atomic E-state index is 12.6. The van der Waals surface area contributed by atoms with E-state index in [2.05, 4.69) is 25.3 Å². The fraction of sp³-hybridized carbons (Fsp3) is 0.333. The first-order valence-electron chi connectivity index (χ1n) is 7.62. The van der Waals surface area contributed by atoms with Crippen molar-refractivity contribution < 1.29 is 4.79 Å². The van der Waals surface area contributed by atoms with E-state index in [1.165, 1.54) is 10.9 Å². The van der Waals surface area contributed by atoms with Crippen LogP contribution in [0.5, 0.6) is 0 Å². The van der Waals surface area contributed by atoms with Crippen molar-refractivity contribution in [1.29, 1.82) is 0 Å². The van der Waals surface area contributed by atoms with Crippen LogP contribution in [0.1, 0.15) is 29.8 Å². The van der Waals surface area contributed by atoms with E-state index < -0.39 is 0 Å². The molecule has 1 amide bonds. The van der Waals surface area contributed by atoms with E-state index in [0.717, 1.165) is 25.9 Å². The van der Waals surface area contributed by atoms with Crippen LogP contribution >= 0.6 is 0 Å². The summed E-state index contributed by atoms with van der Waals surface area (Å²) in [5, 5.41) is 12.5. The second-order valence-corrected chi connectivity index (χ2v) is 5.44. The molecular weight excluding hydrogens is 294 g/mol. The zero-order valence-corrected chi connectivity index (χ0v) is 12.5. The minimum atomic E-state index is -0.0553. The van der Waals surface area contributed by atoms with E-state index in [0.29, 0.717) is 23.0 Å². The maximum atomic E-state index is 12.6. The number of nitrogens with zero attached hydrogens (tertiary/aromatic N) is 7. The van der Waals surface area contributed by atoms with Gasteiger partial charge >= 0.3 is 0 Å². The van der Waals surface area contributed by atoms with E-state index >= 15 is 0 Å². The minimum Gasteiger partial charge on any atom is -0.337 e. The van der Waals surface area contributed by atoms with Crippen LogP contribution in [0.15, 0.2) is 30.6 Å². The van der Waals surface area contributed by atoms with E-state index in [-0.39, 0.29) is 5.91 Å². The lowest BCUT2D eigenvalue weighted by Gasteiger charge is -2.26. The Morgan fingerprint density at radius 2 is 1.78 bits per heavy atom. The monoisotopic (exact) mass is 309 g/mol. The molecule has 1 saturated heterocycles. The molecule has 0 atom stereocenters. The van der Waals surface area contributed by atoms with Crippen LogP contribution < -0.4 is 0 Å². The molecule has 3 aromatic rings. The maximum Gasteiger partial charge on any atom is 0.274 e. The normalized spacial score (nSPS) is 15.0. The molecule has 1 aliphatic rings. The summed E-state index contributed by atoms with van der Waals surface area (Å²) in [5.74, 6) is 0.796. The SMILES string of the molecule is O=C(c1ccc2nnc(-c3ncccn3)n2n1)N1CCCCC1. The Kier molecular flexibility index (Phi) is 3.41. The van der Waals surface area contributed by atoms with Gasteiger partial charge in [0.25, 0.3) is 5.91 Å². The molecule has 0 radical (unpaired) electrons. The molecule has 0 N–H and O–H groups in total. The molecule has 0 unspecified atom stereocenters. The molecule has 8 nitrogen and oxygen atoms in total. The van der Waals surface area contributed by atoms with Crippen LogP contribution in [-0.2, 0) is 0 Å². The lowest BCUT2D eigenvalue weighted by Crippen LogP contribution is -2.36. The van der Waals surface area contributed by atoms with Gasteiger partial charge in [0.2, 0.25) is 5.82 Å². The van der Waals surface area contributed by atoms with Gasteiger partial charge in [-0.05, 0) is 37.5 Å². The molecule has 1 fully saturated rings. The molecule has 0 saturated carbocycles. The van der Waals surface area contributed by atoms with Crippen LogP contribution in [0.3, 0.4) is 0 Å². The van der Waals surface area contributed by atoms with Gasteiger partial charge in [-0.3, -0.25) is 4.79 Å². The quantitative estimate of drug-likeness (QED) is 0.707. The number of aromatic nitrogens is 6. The van der Waals surface area contributed by atoms with Crippen molar-refractivity contribution in [2.75, 3.05) is 13.1 Å². The average molecular weight is 309 g/mol. The fourth-order valence-electron chi connectivity index (χ4n) is 2.72. The third-order valence-corrected chi connectivity index (χ3v) is 3.89. The number of amides is 1. The van der Waals surface area contributed by atoms with Gasteiger partial charge in [0.15, 0.2) is 11.5 Å². The number of rotatable bonds is 2. The lowest BCUT2D eigenvalue weighted by molar-refractivity contribution is 0.0717. The first kappa shape index (κ1) is 13.7. The van der Waals surface area contributed by atoms with Crippen LogP contribution in [0.25, 0.3) is 17.3 Å². The average Bonchev–Trinajstić information content (AvgIpc) is 3.05. The molecule has 0 bridgehead atoms.